The van der Waals surface area contributed by atoms with Crippen molar-refractivity contribution in [3.63, 3.8) is 0 Å². The number of sulfonamides is 1. The summed E-state index contributed by atoms with van der Waals surface area (Å²) in [4.78, 5) is 0. The van der Waals surface area contributed by atoms with Gasteiger partial charge in [0.2, 0.25) is 10.0 Å². The lowest BCUT2D eigenvalue weighted by atomic mass is 9.92. The van der Waals surface area contributed by atoms with Gasteiger partial charge < -0.3 is 5.11 Å². The molecular formula is C13H27NO3S. The average Bonchev–Trinajstić information content (AvgIpc) is 2.28. The summed E-state index contributed by atoms with van der Waals surface area (Å²) in [7, 11) is -3.06. The van der Waals surface area contributed by atoms with Crippen LogP contribution in [0.4, 0.5) is 0 Å². The minimum atomic E-state index is -3.06. The summed E-state index contributed by atoms with van der Waals surface area (Å²) < 4.78 is 24.5. The molecule has 0 spiro atoms. The minimum absolute atomic E-state index is 0.263. The molecule has 0 aromatic rings. The Kier molecular flexibility index (Phi) is 6.60. The number of rotatable bonds is 7. The second-order valence-corrected chi connectivity index (χ2v) is 7.50. The zero-order valence-electron chi connectivity index (χ0n) is 11.6. The van der Waals surface area contributed by atoms with Crippen LogP contribution in [0.2, 0.25) is 0 Å². The molecule has 1 saturated heterocycles. The minimum Gasteiger partial charge on any atom is -0.393 e. The van der Waals surface area contributed by atoms with Gasteiger partial charge in [-0.3, -0.25) is 0 Å². The quantitative estimate of drug-likeness (QED) is 0.724. The van der Waals surface area contributed by atoms with Gasteiger partial charge in [-0.05, 0) is 31.6 Å². The molecule has 4 nitrogen and oxygen atoms in total. The number of hydrogen-bond donors (Lipinski definition) is 1. The van der Waals surface area contributed by atoms with E-state index < -0.39 is 10.0 Å². The zero-order chi connectivity index (χ0) is 13.6. The van der Waals surface area contributed by atoms with Crippen LogP contribution in [0.5, 0.6) is 0 Å². The summed E-state index contributed by atoms with van der Waals surface area (Å²) in [6, 6.07) is 0. The molecule has 5 heteroatoms. The van der Waals surface area contributed by atoms with Gasteiger partial charge in [0.05, 0.1) is 12.4 Å². The van der Waals surface area contributed by atoms with Crippen molar-refractivity contribution in [2.24, 2.45) is 5.92 Å². The Labute approximate surface area is 111 Å². The first-order valence-corrected chi connectivity index (χ1v) is 8.91. The van der Waals surface area contributed by atoms with Crippen molar-refractivity contribution in [3.05, 3.63) is 0 Å². The van der Waals surface area contributed by atoms with Gasteiger partial charge in [0.1, 0.15) is 0 Å². The molecule has 0 bridgehead atoms. The molecule has 2 atom stereocenters. The second kappa shape index (κ2) is 7.46. The van der Waals surface area contributed by atoms with E-state index in [0.717, 1.165) is 44.9 Å². The number of nitrogens with zero attached hydrogens (tertiary/aromatic N) is 1. The molecule has 1 N–H and O–H groups in total. The molecule has 2 unspecified atom stereocenters. The van der Waals surface area contributed by atoms with E-state index in [1.54, 1.807) is 4.31 Å². The molecule has 0 amide bonds. The maximum absolute atomic E-state index is 11.5. The van der Waals surface area contributed by atoms with Crippen molar-refractivity contribution in [3.8, 4) is 0 Å². The number of hydrogen-bond acceptors (Lipinski definition) is 3. The van der Waals surface area contributed by atoms with Crippen molar-refractivity contribution in [1.82, 2.24) is 4.31 Å². The van der Waals surface area contributed by atoms with Crippen molar-refractivity contribution in [2.45, 2.75) is 58.0 Å². The van der Waals surface area contributed by atoms with Gasteiger partial charge in [0, 0.05) is 13.1 Å². The van der Waals surface area contributed by atoms with Gasteiger partial charge in [-0.2, -0.15) is 0 Å². The largest absolute Gasteiger partial charge is 0.393 e. The fraction of sp³-hybridized carbons (Fsp3) is 1.00. The van der Waals surface area contributed by atoms with Crippen molar-refractivity contribution >= 4 is 10.0 Å². The fourth-order valence-electron chi connectivity index (χ4n) is 2.65. The first kappa shape index (κ1) is 15.9. The van der Waals surface area contributed by atoms with Crippen LogP contribution in [0.3, 0.4) is 0 Å². The summed E-state index contributed by atoms with van der Waals surface area (Å²) in [6.45, 7) is 3.38. The average molecular weight is 277 g/mol. The van der Waals surface area contributed by atoms with Crippen LogP contribution in [-0.2, 0) is 10.0 Å². The molecule has 1 aliphatic rings. The fourth-order valence-corrected chi connectivity index (χ4v) is 3.60. The third kappa shape index (κ3) is 5.67. The third-order valence-corrected chi connectivity index (χ3v) is 4.97. The molecule has 0 aliphatic carbocycles. The second-order valence-electron chi connectivity index (χ2n) is 5.51. The molecule has 0 saturated carbocycles. The van der Waals surface area contributed by atoms with Crippen molar-refractivity contribution in [2.75, 3.05) is 19.3 Å². The topological polar surface area (TPSA) is 57.6 Å². The van der Waals surface area contributed by atoms with Crippen molar-refractivity contribution < 1.29 is 13.5 Å². The summed E-state index contributed by atoms with van der Waals surface area (Å²) in [5, 5.41) is 9.95. The lowest BCUT2D eigenvalue weighted by Gasteiger charge is -2.32. The molecule has 1 aliphatic heterocycles. The SMILES string of the molecule is CCCCCC(O)CC1CCCN(S(C)(=O)=O)C1. The Hall–Kier alpha value is -0.130. The smallest absolute Gasteiger partial charge is 0.211 e. The molecule has 108 valence electrons. The lowest BCUT2D eigenvalue weighted by Crippen LogP contribution is -2.40. The van der Waals surface area contributed by atoms with Crippen LogP contribution in [-0.4, -0.2) is 43.3 Å². The predicted octanol–water partition coefficient (Wildman–Crippen LogP) is 1.99. The Morgan fingerprint density at radius 2 is 2.11 bits per heavy atom. The first-order valence-electron chi connectivity index (χ1n) is 7.06. The van der Waals surface area contributed by atoms with Crippen molar-refractivity contribution in [1.29, 1.82) is 0 Å². The number of unbranched alkanes of at least 4 members (excludes halogenated alkanes) is 2. The van der Waals surface area contributed by atoms with Gasteiger partial charge in [-0.1, -0.05) is 26.2 Å². The highest BCUT2D eigenvalue weighted by atomic mass is 32.2. The van der Waals surface area contributed by atoms with Gasteiger partial charge in [0.25, 0.3) is 0 Å². The van der Waals surface area contributed by atoms with E-state index in [-0.39, 0.29) is 6.10 Å². The Balaban J connectivity index is 2.33. The van der Waals surface area contributed by atoms with Crippen LogP contribution in [0.25, 0.3) is 0 Å². The molecule has 0 aromatic heterocycles. The normalized spacial score (nSPS) is 24.1. The maximum atomic E-state index is 11.5. The summed E-state index contributed by atoms with van der Waals surface area (Å²) in [6.07, 6.45) is 7.96. The number of piperidine rings is 1. The van der Waals surface area contributed by atoms with Crippen LogP contribution in [0, 0.1) is 5.92 Å². The number of aliphatic hydroxyl groups excluding tert-OH is 1. The van der Waals surface area contributed by atoms with E-state index in [1.807, 2.05) is 0 Å². The zero-order valence-corrected chi connectivity index (χ0v) is 12.5. The molecule has 1 heterocycles. The molecular weight excluding hydrogens is 250 g/mol. The monoisotopic (exact) mass is 277 g/mol. The van der Waals surface area contributed by atoms with E-state index >= 15 is 0 Å². The lowest BCUT2D eigenvalue weighted by molar-refractivity contribution is 0.112. The van der Waals surface area contributed by atoms with E-state index in [2.05, 4.69) is 6.92 Å². The molecule has 1 fully saturated rings. The molecule has 18 heavy (non-hydrogen) atoms. The maximum Gasteiger partial charge on any atom is 0.211 e. The van der Waals surface area contributed by atoms with Crippen LogP contribution >= 0.6 is 0 Å². The first-order chi connectivity index (χ1) is 8.43. The highest BCUT2D eigenvalue weighted by molar-refractivity contribution is 7.88. The van der Waals surface area contributed by atoms with E-state index in [0.29, 0.717) is 19.0 Å². The van der Waals surface area contributed by atoms with Gasteiger partial charge in [-0.25, -0.2) is 12.7 Å². The Bertz CT molecular complexity index is 329. The predicted molar refractivity (Wildman–Crippen MR) is 73.9 cm³/mol. The third-order valence-electron chi connectivity index (χ3n) is 3.70. The molecule has 0 aromatic carbocycles. The standard InChI is InChI=1S/C13H27NO3S/c1-3-4-5-8-13(15)10-12-7-6-9-14(11-12)18(2,16)17/h12-13,15H,3-11H2,1-2H3. The Morgan fingerprint density at radius 1 is 1.39 bits per heavy atom. The summed E-state index contributed by atoms with van der Waals surface area (Å²) >= 11 is 0. The highest BCUT2D eigenvalue weighted by Crippen LogP contribution is 2.24. The summed E-state index contributed by atoms with van der Waals surface area (Å²) in [5.41, 5.74) is 0. The molecule has 0 radical (unpaired) electrons. The summed E-state index contributed by atoms with van der Waals surface area (Å²) in [5.74, 6) is 0.324. The highest BCUT2D eigenvalue weighted by Gasteiger charge is 2.26. The van der Waals surface area contributed by atoms with Crippen LogP contribution in [0.15, 0.2) is 0 Å². The van der Waals surface area contributed by atoms with E-state index in [4.69, 9.17) is 0 Å². The van der Waals surface area contributed by atoms with Crippen LogP contribution < -0.4 is 0 Å². The van der Waals surface area contributed by atoms with Crippen LogP contribution in [0.1, 0.15) is 51.9 Å². The van der Waals surface area contributed by atoms with Gasteiger partial charge >= 0.3 is 0 Å². The molecule has 1 rings (SSSR count). The van der Waals surface area contributed by atoms with E-state index in [9.17, 15) is 13.5 Å². The van der Waals surface area contributed by atoms with E-state index in [1.165, 1.54) is 6.26 Å². The van der Waals surface area contributed by atoms with Gasteiger partial charge in [-0.15, -0.1) is 0 Å². The Morgan fingerprint density at radius 3 is 2.72 bits per heavy atom. The number of aliphatic hydroxyl groups is 1. The van der Waals surface area contributed by atoms with Gasteiger partial charge in [0.15, 0.2) is 0 Å².